The first-order chi connectivity index (χ1) is 9.22. The lowest BCUT2D eigenvalue weighted by Gasteiger charge is -2.51. The standard InChI is InChI=1S/C18H36N2/c1-14(2)8-7-11-20-13-18(6,15-9-10-15)19-12-16(20)17(3,4)5/h14-16,19H,7-13H2,1-6H3. The van der Waals surface area contributed by atoms with E-state index in [1.807, 2.05) is 0 Å². The van der Waals surface area contributed by atoms with Crippen LogP contribution in [0, 0.1) is 17.3 Å². The molecule has 0 aromatic heterocycles. The van der Waals surface area contributed by atoms with E-state index in [0.717, 1.165) is 18.4 Å². The molecule has 0 bridgehead atoms. The maximum absolute atomic E-state index is 3.90. The summed E-state index contributed by atoms with van der Waals surface area (Å²) in [6.45, 7) is 18.0. The monoisotopic (exact) mass is 280 g/mol. The molecule has 118 valence electrons. The molecule has 1 heterocycles. The van der Waals surface area contributed by atoms with Gasteiger partial charge in [0.2, 0.25) is 0 Å². The van der Waals surface area contributed by atoms with Crippen molar-refractivity contribution in [1.82, 2.24) is 10.2 Å². The van der Waals surface area contributed by atoms with Gasteiger partial charge in [-0.15, -0.1) is 0 Å². The second-order valence-corrected chi connectivity index (χ2v) is 8.96. The minimum atomic E-state index is 0.371. The summed E-state index contributed by atoms with van der Waals surface area (Å²) in [4.78, 5) is 2.80. The molecule has 0 amide bonds. The Kier molecular flexibility index (Phi) is 4.86. The van der Waals surface area contributed by atoms with E-state index >= 15 is 0 Å². The molecule has 1 aliphatic heterocycles. The van der Waals surface area contributed by atoms with Crippen molar-refractivity contribution in [3.8, 4) is 0 Å². The molecule has 1 saturated carbocycles. The Morgan fingerprint density at radius 3 is 2.40 bits per heavy atom. The predicted octanol–water partition coefficient (Wildman–Crippen LogP) is 3.91. The van der Waals surface area contributed by atoms with Gasteiger partial charge in [-0.05, 0) is 56.4 Å². The van der Waals surface area contributed by atoms with Crippen LogP contribution in [0.25, 0.3) is 0 Å². The molecule has 0 radical (unpaired) electrons. The van der Waals surface area contributed by atoms with Crippen LogP contribution in [0.3, 0.4) is 0 Å². The number of hydrogen-bond donors (Lipinski definition) is 1. The number of nitrogens with one attached hydrogen (secondary N) is 1. The van der Waals surface area contributed by atoms with Gasteiger partial charge in [-0.2, -0.15) is 0 Å². The fourth-order valence-electron chi connectivity index (χ4n) is 3.83. The first-order valence-corrected chi connectivity index (χ1v) is 8.71. The minimum Gasteiger partial charge on any atom is -0.308 e. The third-order valence-electron chi connectivity index (χ3n) is 5.38. The fraction of sp³-hybridized carbons (Fsp3) is 1.00. The molecule has 0 aromatic carbocycles. The van der Waals surface area contributed by atoms with Gasteiger partial charge >= 0.3 is 0 Å². The highest BCUT2D eigenvalue weighted by Crippen LogP contribution is 2.42. The average Bonchev–Trinajstić information content (AvgIpc) is 3.10. The average molecular weight is 280 g/mol. The molecule has 0 aromatic rings. The molecule has 2 nitrogen and oxygen atoms in total. The highest BCUT2D eigenvalue weighted by molar-refractivity contribution is 5.05. The van der Waals surface area contributed by atoms with E-state index in [0.29, 0.717) is 17.0 Å². The summed E-state index contributed by atoms with van der Waals surface area (Å²) < 4.78 is 0. The summed E-state index contributed by atoms with van der Waals surface area (Å²) in [5.41, 5.74) is 0.745. The van der Waals surface area contributed by atoms with Gasteiger partial charge in [0.05, 0.1) is 0 Å². The zero-order valence-electron chi connectivity index (χ0n) is 14.6. The largest absolute Gasteiger partial charge is 0.308 e. The van der Waals surface area contributed by atoms with Gasteiger partial charge in [-0.3, -0.25) is 4.90 Å². The van der Waals surface area contributed by atoms with E-state index in [1.54, 1.807) is 0 Å². The second kappa shape index (κ2) is 5.96. The Balaban J connectivity index is 1.98. The van der Waals surface area contributed by atoms with E-state index in [1.165, 1.54) is 38.8 Å². The van der Waals surface area contributed by atoms with Gasteiger partial charge in [0.25, 0.3) is 0 Å². The molecule has 2 unspecified atom stereocenters. The van der Waals surface area contributed by atoms with Crippen LogP contribution in [0.4, 0.5) is 0 Å². The second-order valence-electron chi connectivity index (χ2n) is 8.96. The van der Waals surface area contributed by atoms with Crippen LogP contribution >= 0.6 is 0 Å². The van der Waals surface area contributed by atoms with Crippen LogP contribution < -0.4 is 5.32 Å². The lowest BCUT2D eigenvalue weighted by atomic mass is 9.80. The van der Waals surface area contributed by atoms with E-state index in [-0.39, 0.29) is 0 Å². The Labute approximate surface area is 126 Å². The molecule has 2 fully saturated rings. The third kappa shape index (κ3) is 3.98. The van der Waals surface area contributed by atoms with Gasteiger partial charge in [0.1, 0.15) is 0 Å². The molecule has 1 aliphatic carbocycles. The summed E-state index contributed by atoms with van der Waals surface area (Å²) in [5, 5.41) is 3.90. The van der Waals surface area contributed by atoms with Gasteiger partial charge in [0, 0.05) is 24.7 Å². The van der Waals surface area contributed by atoms with Gasteiger partial charge in [-0.1, -0.05) is 34.6 Å². The Hall–Kier alpha value is -0.0800. The first kappa shape index (κ1) is 16.3. The molecular weight excluding hydrogens is 244 g/mol. The van der Waals surface area contributed by atoms with Crippen molar-refractivity contribution in [2.45, 2.75) is 78.8 Å². The molecule has 20 heavy (non-hydrogen) atoms. The number of nitrogens with zero attached hydrogens (tertiary/aromatic N) is 1. The number of piperazine rings is 1. The Bertz CT molecular complexity index is 314. The van der Waals surface area contributed by atoms with Crippen molar-refractivity contribution < 1.29 is 0 Å². The summed E-state index contributed by atoms with van der Waals surface area (Å²) in [7, 11) is 0. The lowest BCUT2D eigenvalue weighted by molar-refractivity contribution is 0.0188. The first-order valence-electron chi connectivity index (χ1n) is 8.71. The molecule has 1 N–H and O–H groups in total. The zero-order chi connectivity index (χ0) is 15.0. The summed E-state index contributed by atoms with van der Waals surface area (Å²) in [5.74, 6) is 1.76. The van der Waals surface area contributed by atoms with E-state index in [2.05, 4.69) is 51.8 Å². The SMILES string of the molecule is CC(C)CCCN1CC(C)(C2CC2)NCC1C(C)(C)C. The molecule has 1 saturated heterocycles. The van der Waals surface area contributed by atoms with Crippen molar-refractivity contribution in [2.24, 2.45) is 17.3 Å². The Morgan fingerprint density at radius 1 is 1.25 bits per heavy atom. The molecule has 2 heteroatoms. The molecule has 2 rings (SSSR count). The normalized spacial score (nSPS) is 32.9. The number of hydrogen-bond acceptors (Lipinski definition) is 2. The van der Waals surface area contributed by atoms with E-state index < -0.39 is 0 Å². The van der Waals surface area contributed by atoms with Crippen molar-refractivity contribution in [2.75, 3.05) is 19.6 Å². The minimum absolute atomic E-state index is 0.371. The van der Waals surface area contributed by atoms with Crippen LogP contribution in [0.5, 0.6) is 0 Å². The highest BCUT2D eigenvalue weighted by Gasteiger charge is 2.47. The van der Waals surface area contributed by atoms with E-state index in [4.69, 9.17) is 0 Å². The van der Waals surface area contributed by atoms with Crippen LogP contribution in [0.2, 0.25) is 0 Å². The van der Waals surface area contributed by atoms with Gasteiger partial charge < -0.3 is 5.32 Å². The van der Waals surface area contributed by atoms with Gasteiger partial charge in [-0.25, -0.2) is 0 Å². The molecule has 2 aliphatic rings. The summed E-state index contributed by atoms with van der Waals surface area (Å²) >= 11 is 0. The summed E-state index contributed by atoms with van der Waals surface area (Å²) in [6.07, 6.45) is 5.58. The van der Waals surface area contributed by atoms with Gasteiger partial charge in [0.15, 0.2) is 0 Å². The van der Waals surface area contributed by atoms with Crippen LogP contribution in [-0.4, -0.2) is 36.1 Å². The quantitative estimate of drug-likeness (QED) is 0.821. The topological polar surface area (TPSA) is 15.3 Å². The molecule has 0 spiro atoms. The predicted molar refractivity (Wildman–Crippen MR) is 88.0 cm³/mol. The van der Waals surface area contributed by atoms with Crippen LogP contribution in [-0.2, 0) is 0 Å². The molecule has 2 atom stereocenters. The maximum atomic E-state index is 3.90. The van der Waals surface area contributed by atoms with Crippen molar-refractivity contribution >= 4 is 0 Å². The Morgan fingerprint density at radius 2 is 1.90 bits per heavy atom. The van der Waals surface area contributed by atoms with Crippen molar-refractivity contribution in [3.63, 3.8) is 0 Å². The van der Waals surface area contributed by atoms with Crippen molar-refractivity contribution in [3.05, 3.63) is 0 Å². The lowest BCUT2D eigenvalue weighted by Crippen LogP contribution is -2.66. The maximum Gasteiger partial charge on any atom is 0.0309 e. The zero-order valence-corrected chi connectivity index (χ0v) is 14.6. The third-order valence-corrected chi connectivity index (χ3v) is 5.38. The van der Waals surface area contributed by atoms with E-state index in [9.17, 15) is 0 Å². The fourth-order valence-corrected chi connectivity index (χ4v) is 3.83. The van der Waals surface area contributed by atoms with Crippen LogP contribution in [0.1, 0.15) is 67.2 Å². The summed E-state index contributed by atoms with van der Waals surface area (Å²) in [6, 6.07) is 0.682. The smallest absolute Gasteiger partial charge is 0.0309 e. The number of rotatable bonds is 5. The molecular formula is C18H36N2. The van der Waals surface area contributed by atoms with Crippen molar-refractivity contribution in [1.29, 1.82) is 0 Å². The highest BCUT2D eigenvalue weighted by atomic mass is 15.3. The van der Waals surface area contributed by atoms with Crippen LogP contribution in [0.15, 0.2) is 0 Å².